The summed E-state index contributed by atoms with van der Waals surface area (Å²) in [5.41, 5.74) is 0.483. The quantitative estimate of drug-likeness (QED) is 0.824. The topological polar surface area (TPSA) is 20.2 Å². The summed E-state index contributed by atoms with van der Waals surface area (Å²) < 4.78 is 37.8. The number of rotatable bonds is 4. The highest BCUT2D eigenvalue weighted by Gasteiger charge is 2.31. The molecule has 0 heterocycles. The maximum absolute atomic E-state index is 12.6. The van der Waals surface area contributed by atoms with Gasteiger partial charge in [0.1, 0.15) is 0 Å². The molecule has 0 saturated heterocycles. The van der Waals surface area contributed by atoms with Crippen molar-refractivity contribution in [3.8, 4) is 0 Å². The van der Waals surface area contributed by atoms with E-state index >= 15 is 0 Å². The van der Waals surface area contributed by atoms with Crippen LogP contribution in [0.15, 0.2) is 18.2 Å². The van der Waals surface area contributed by atoms with Gasteiger partial charge in [-0.05, 0) is 48.9 Å². The lowest BCUT2D eigenvalue weighted by molar-refractivity contribution is -0.137. The van der Waals surface area contributed by atoms with Gasteiger partial charge in [-0.15, -0.1) is 0 Å². The number of aliphatic hydroxyl groups excluding tert-OH is 1. The van der Waals surface area contributed by atoms with Crippen molar-refractivity contribution in [2.24, 2.45) is 5.92 Å². The van der Waals surface area contributed by atoms with Crippen LogP contribution in [0.5, 0.6) is 0 Å². The van der Waals surface area contributed by atoms with Gasteiger partial charge >= 0.3 is 6.18 Å². The Morgan fingerprint density at radius 2 is 1.90 bits per heavy atom. The molecular weight excluding hydrogens is 265 g/mol. The Kier molecular flexibility index (Phi) is 4.74. The predicted octanol–water partition coefficient (Wildman–Crippen LogP) is 5.02. The molecule has 0 spiro atoms. The van der Waals surface area contributed by atoms with Crippen LogP contribution >= 0.6 is 0 Å². The summed E-state index contributed by atoms with van der Waals surface area (Å²) in [5.74, 6) is 0.680. The Morgan fingerprint density at radius 3 is 2.45 bits per heavy atom. The fourth-order valence-corrected chi connectivity index (χ4v) is 3.07. The molecule has 0 radical (unpaired) electrons. The largest absolute Gasteiger partial charge is 0.416 e. The Balaban J connectivity index is 2.00. The highest BCUT2D eigenvalue weighted by atomic mass is 19.4. The molecule has 1 fully saturated rings. The van der Waals surface area contributed by atoms with Gasteiger partial charge in [-0.1, -0.05) is 31.7 Å². The third kappa shape index (κ3) is 3.75. The number of benzene rings is 1. The van der Waals surface area contributed by atoms with Crippen LogP contribution in [0, 0.1) is 12.8 Å². The first-order valence-electron chi connectivity index (χ1n) is 7.23. The molecule has 4 heteroatoms. The lowest BCUT2D eigenvalue weighted by Gasteiger charge is -2.17. The summed E-state index contributed by atoms with van der Waals surface area (Å²) in [6, 6.07) is 3.59. The van der Waals surface area contributed by atoms with E-state index in [1.165, 1.54) is 31.7 Å². The van der Waals surface area contributed by atoms with E-state index in [4.69, 9.17) is 0 Å². The van der Waals surface area contributed by atoms with Crippen LogP contribution in [0.1, 0.15) is 61.3 Å². The van der Waals surface area contributed by atoms with E-state index in [1.54, 1.807) is 6.92 Å². The molecule has 1 saturated carbocycles. The standard InChI is InChI=1S/C16H21F3O/c1-11-10-13(16(17,18)19)7-8-14(11)15(20)9-6-12-4-2-3-5-12/h7-8,10,12,15,20H,2-6,9H2,1H3. The molecule has 1 aliphatic rings. The monoisotopic (exact) mass is 286 g/mol. The van der Waals surface area contributed by atoms with Gasteiger partial charge in [0.25, 0.3) is 0 Å². The van der Waals surface area contributed by atoms with Crippen molar-refractivity contribution in [1.29, 1.82) is 0 Å². The van der Waals surface area contributed by atoms with Crippen molar-refractivity contribution in [2.45, 2.75) is 57.7 Å². The lowest BCUT2D eigenvalue weighted by atomic mass is 9.93. The van der Waals surface area contributed by atoms with E-state index in [1.807, 2.05) is 0 Å². The minimum absolute atomic E-state index is 0.513. The molecule has 1 nitrogen and oxygen atoms in total. The molecule has 0 aromatic heterocycles. The minimum Gasteiger partial charge on any atom is -0.388 e. The van der Waals surface area contributed by atoms with Crippen LogP contribution in [0.25, 0.3) is 0 Å². The second kappa shape index (κ2) is 6.17. The molecule has 20 heavy (non-hydrogen) atoms. The molecular formula is C16H21F3O. The zero-order chi connectivity index (χ0) is 14.8. The molecule has 112 valence electrons. The van der Waals surface area contributed by atoms with Gasteiger partial charge in [0.15, 0.2) is 0 Å². The number of halogens is 3. The molecule has 0 amide bonds. The van der Waals surface area contributed by atoms with Crippen molar-refractivity contribution in [3.05, 3.63) is 34.9 Å². The molecule has 0 aliphatic heterocycles. The molecule has 1 atom stereocenters. The van der Waals surface area contributed by atoms with E-state index in [9.17, 15) is 18.3 Å². The average Bonchev–Trinajstić information content (AvgIpc) is 2.87. The smallest absolute Gasteiger partial charge is 0.388 e. The number of hydrogen-bond donors (Lipinski definition) is 1. The summed E-state index contributed by atoms with van der Waals surface area (Å²) in [6.07, 6.45) is 1.59. The van der Waals surface area contributed by atoms with Gasteiger partial charge in [-0.25, -0.2) is 0 Å². The maximum atomic E-state index is 12.6. The van der Waals surface area contributed by atoms with E-state index in [2.05, 4.69) is 0 Å². The Labute approximate surface area is 117 Å². The summed E-state index contributed by atoms with van der Waals surface area (Å²) in [5, 5.41) is 10.2. The first-order valence-corrected chi connectivity index (χ1v) is 7.23. The molecule has 2 rings (SSSR count). The van der Waals surface area contributed by atoms with Crippen molar-refractivity contribution in [3.63, 3.8) is 0 Å². The third-order valence-electron chi connectivity index (χ3n) is 4.28. The van der Waals surface area contributed by atoms with Crippen molar-refractivity contribution >= 4 is 0 Å². The second-order valence-electron chi connectivity index (χ2n) is 5.81. The van der Waals surface area contributed by atoms with Crippen molar-refractivity contribution < 1.29 is 18.3 Å². The normalized spacial score (nSPS) is 18.4. The maximum Gasteiger partial charge on any atom is 0.416 e. The Bertz CT molecular complexity index is 448. The number of aliphatic hydroxyl groups is 1. The zero-order valence-corrected chi connectivity index (χ0v) is 11.7. The fourth-order valence-electron chi connectivity index (χ4n) is 3.07. The third-order valence-corrected chi connectivity index (χ3v) is 4.28. The van der Waals surface area contributed by atoms with Crippen molar-refractivity contribution in [2.75, 3.05) is 0 Å². The minimum atomic E-state index is -4.32. The Hall–Kier alpha value is -1.03. The highest BCUT2D eigenvalue weighted by molar-refractivity contribution is 5.33. The first kappa shape index (κ1) is 15.4. The van der Waals surface area contributed by atoms with Crippen LogP contribution in [-0.2, 0) is 6.18 Å². The van der Waals surface area contributed by atoms with E-state index in [0.29, 0.717) is 23.5 Å². The molecule has 1 aromatic carbocycles. The van der Waals surface area contributed by atoms with E-state index in [0.717, 1.165) is 18.6 Å². The molecule has 1 aliphatic carbocycles. The van der Waals surface area contributed by atoms with E-state index in [-0.39, 0.29) is 0 Å². The summed E-state index contributed by atoms with van der Waals surface area (Å²) >= 11 is 0. The van der Waals surface area contributed by atoms with Crippen LogP contribution in [0.4, 0.5) is 13.2 Å². The van der Waals surface area contributed by atoms with Crippen molar-refractivity contribution in [1.82, 2.24) is 0 Å². The van der Waals surface area contributed by atoms with Gasteiger partial charge < -0.3 is 5.11 Å². The van der Waals surface area contributed by atoms with Gasteiger partial charge in [0.2, 0.25) is 0 Å². The first-order chi connectivity index (χ1) is 9.38. The van der Waals surface area contributed by atoms with Crippen LogP contribution in [0.2, 0.25) is 0 Å². The van der Waals surface area contributed by atoms with E-state index < -0.39 is 17.8 Å². The van der Waals surface area contributed by atoms with Crippen LogP contribution in [0.3, 0.4) is 0 Å². The highest BCUT2D eigenvalue weighted by Crippen LogP contribution is 2.34. The zero-order valence-electron chi connectivity index (χ0n) is 11.7. The van der Waals surface area contributed by atoms with Crippen LogP contribution < -0.4 is 0 Å². The van der Waals surface area contributed by atoms with Gasteiger partial charge in [-0.3, -0.25) is 0 Å². The van der Waals surface area contributed by atoms with Gasteiger partial charge in [0, 0.05) is 0 Å². The summed E-state index contributed by atoms with van der Waals surface area (Å²) in [4.78, 5) is 0. The number of aryl methyl sites for hydroxylation is 1. The molecule has 1 N–H and O–H groups in total. The average molecular weight is 286 g/mol. The summed E-state index contributed by atoms with van der Waals surface area (Å²) in [6.45, 7) is 1.63. The van der Waals surface area contributed by atoms with Gasteiger partial charge in [-0.2, -0.15) is 13.2 Å². The number of alkyl halides is 3. The Morgan fingerprint density at radius 1 is 1.25 bits per heavy atom. The van der Waals surface area contributed by atoms with Gasteiger partial charge in [0.05, 0.1) is 11.7 Å². The lowest BCUT2D eigenvalue weighted by Crippen LogP contribution is -2.08. The predicted molar refractivity (Wildman–Crippen MR) is 72.3 cm³/mol. The number of hydrogen-bond acceptors (Lipinski definition) is 1. The molecule has 0 bridgehead atoms. The van der Waals surface area contributed by atoms with Crippen LogP contribution in [-0.4, -0.2) is 5.11 Å². The molecule has 1 unspecified atom stereocenters. The second-order valence-corrected chi connectivity index (χ2v) is 5.81. The summed E-state index contributed by atoms with van der Waals surface area (Å²) in [7, 11) is 0. The fraction of sp³-hybridized carbons (Fsp3) is 0.625. The molecule has 1 aromatic rings. The SMILES string of the molecule is Cc1cc(C(F)(F)F)ccc1C(O)CCC1CCCC1.